The van der Waals surface area contributed by atoms with Crippen molar-refractivity contribution in [2.24, 2.45) is 0 Å². The Morgan fingerprint density at radius 2 is 1.76 bits per heavy atom. The van der Waals surface area contributed by atoms with Gasteiger partial charge in [-0.3, -0.25) is 4.57 Å². The third kappa shape index (κ3) is 3.77. The Kier molecular flexibility index (Phi) is 4.91. The molecule has 4 heterocycles. The molecule has 152 valence electrons. The molecular formula is C20H26N8O. The van der Waals surface area contributed by atoms with Crippen LogP contribution >= 0.6 is 0 Å². The quantitative estimate of drug-likeness (QED) is 0.717. The van der Waals surface area contributed by atoms with E-state index in [1.54, 1.807) is 25.5 Å². The Bertz CT molecular complexity index is 999. The molecule has 1 unspecified atom stereocenters. The Morgan fingerprint density at radius 3 is 2.45 bits per heavy atom. The summed E-state index contributed by atoms with van der Waals surface area (Å²) in [7, 11) is 0. The molecule has 3 aromatic rings. The van der Waals surface area contributed by atoms with E-state index in [-0.39, 0.29) is 5.54 Å². The second kappa shape index (κ2) is 7.40. The summed E-state index contributed by atoms with van der Waals surface area (Å²) in [6.07, 6.45) is 6.42. The lowest BCUT2D eigenvalue weighted by Crippen LogP contribution is -2.60. The first-order chi connectivity index (χ1) is 13.8. The first-order valence-corrected chi connectivity index (χ1v) is 9.72. The molecular weight excluding hydrogens is 368 g/mol. The number of aryl methyl sites for hydroxylation is 1. The van der Waals surface area contributed by atoms with Gasteiger partial charge in [-0.05, 0) is 39.8 Å². The minimum atomic E-state index is -0.689. The maximum atomic E-state index is 9.82. The normalized spacial score (nSPS) is 17.4. The predicted octanol–water partition coefficient (Wildman–Crippen LogP) is 1.92. The summed E-state index contributed by atoms with van der Waals surface area (Å²) in [6, 6.07) is 3.84. The van der Waals surface area contributed by atoms with Crippen LogP contribution in [0.4, 0.5) is 11.6 Å². The minimum Gasteiger partial charge on any atom is -0.385 e. The Morgan fingerprint density at radius 1 is 1.00 bits per heavy atom. The largest absolute Gasteiger partial charge is 0.385 e. The molecule has 1 N–H and O–H groups in total. The summed E-state index contributed by atoms with van der Waals surface area (Å²) < 4.78 is 1.88. The topological polar surface area (TPSA) is 96.1 Å². The fourth-order valence-corrected chi connectivity index (χ4v) is 3.71. The molecule has 29 heavy (non-hydrogen) atoms. The van der Waals surface area contributed by atoms with Gasteiger partial charge in [0.05, 0.1) is 5.54 Å². The zero-order valence-electron chi connectivity index (χ0n) is 17.2. The number of aromatic nitrogens is 6. The van der Waals surface area contributed by atoms with Gasteiger partial charge in [0.1, 0.15) is 23.6 Å². The highest BCUT2D eigenvalue weighted by molar-refractivity contribution is 5.48. The first-order valence-electron chi connectivity index (χ1n) is 9.72. The molecule has 1 aliphatic rings. The molecule has 4 rings (SSSR count). The molecule has 0 spiro atoms. The van der Waals surface area contributed by atoms with Gasteiger partial charge in [0.2, 0.25) is 5.95 Å². The van der Waals surface area contributed by atoms with Gasteiger partial charge in [0, 0.05) is 44.4 Å². The number of aliphatic hydroxyl groups is 1. The van der Waals surface area contributed by atoms with Gasteiger partial charge in [-0.15, -0.1) is 0 Å². The lowest BCUT2D eigenvalue weighted by molar-refractivity contribution is 0.188. The number of hydrogen-bond acceptors (Lipinski definition) is 8. The fourth-order valence-electron chi connectivity index (χ4n) is 3.71. The highest BCUT2D eigenvalue weighted by Gasteiger charge is 2.35. The molecule has 1 atom stereocenters. The van der Waals surface area contributed by atoms with Crippen molar-refractivity contribution in [1.29, 1.82) is 0 Å². The number of anilines is 2. The van der Waals surface area contributed by atoms with Gasteiger partial charge in [0.25, 0.3) is 0 Å². The lowest BCUT2D eigenvalue weighted by atomic mass is 9.98. The molecule has 0 saturated carbocycles. The zero-order chi connectivity index (χ0) is 20.6. The first kappa shape index (κ1) is 19.3. The van der Waals surface area contributed by atoms with E-state index in [4.69, 9.17) is 4.98 Å². The monoisotopic (exact) mass is 394 g/mol. The second-order valence-electron chi connectivity index (χ2n) is 7.89. The van der Waals surface area contributed by atoms with E-state index >= 15 is 0 Å². The van der Waals surface area contributed by atoms with Crippen molar-refractivity contribution in [3.05, 3.63) is 48.6 Å². The average Bonchev–Trinajstić information content (AvgIpc) is 3.13. The number of rotatable bonds is 4. The number of piperazine rings is 1. The van der Waals surface area contributed by atoms with E-state index in [1.165, 1.54) is 0 Å². The summed E-state index contributed by atoms with van der Waals surface area (Å²) in [5.74, 6) is 3.64. The van der Waals surface area contributed by atoms with Crippen LogP contribution in [0.15, 0.2) is 36.9 Å². The van der Waals surface area contributed by atoms with Crippen LogP contribution < -0.4 is 9.80 Å². The van der Waals surface area contributed by atoms with Crippen molar-refractivity contribution in [2.75, 3.05) is 29.4 Å². The molecule has 1 saturated heterocycles. The average molecular weight is 394 g/mol. The van der Waals surface area contributed by atoms with Crippen LogP contribution in [-0.4, -0.2) is 59.8 Å². The van der Waals surface area contributed by atoms with Crippen molar-refractivity contribution in [2.45, 2.75) is 39.3 Å². The van der Waals surface area contributed by atoms with E-state index in [0.29, 0.717) is 11.8 Å². The third-order valence-corrected chi connectivity index (χ3v) is 5.21. The smallest absolute Gasteiger partial charge is 0.237 e. The molecule has 9 heteroatoms. The van der Waals surface area contributed by atoms with E-state index in [1.807, 2.05) is 29.8 Å². The third-order valence-electron chi connectivity index (χ3n) is 5.21. The minimum absolute atomic E-state index is 0.182. The Hall–Kier alpha value is -3.07. The number of nitrogens with zero attached hydrogens (tertiary/aromatic N) is 8. The highest BCUT2D eigenvalue weighted by atomic mass is 16.3. The van der Waals surface area contributed by atoms with Crippen LogP contribution in [0.25, 0.3) is 5.95 Å². The van der Waals surface area contributed by atoms with Crippen LogP contribution in [0.5, 0.6) is 0 Å². The Labute approximate surface area is 170 Å². The molecule has 0 aliphatic carbocycles. The molecule has 3 aromatic heterocycles. The number of hydrogen-bond donors (Lipinski definition) is 1. The van der Waals surface area contributed by atoms with Crippen LogP contribution in [0, 0.1) is 6.92 Å². The zero-order valence-corrected chi connectivity index (χ0v) is 17.2. The molecule has 1 aliphatic heterocycles. The molecule has 0 bridgehead atoms. The van der Waals surface area contributed by atoms with Crippen molar-refractivity contribution in [3.63, 3.8) is 0 Å². The van der Waals surface area contributed by atoms with Crippen molar-refractivity contribution < 1.29 is 5.11 Å². The fraction of sp³-hybridized carbons (Fsp3) is 0.450. The van der Waals surface area contributed by atoms with Crippen LogP contribution in [0.1, 0.15) is 38.5 Å². The standard InChI is InChI=1S/C20H26N8O/c1-14(29)18-22-7-6-17(24-18)28-12-11-26(13-20(28,3)4)16-5-8-23-19(25-16)27-10-9-21-15(27)2/h5-10,14,29H,11-13H2,1-4H3. The summed E-state index contributed by atoms with van der Waals surface area (Å²) >= 11 is 0. The molecule has 9 nitrogen and oxygen atoms in total. The SMILES string of the molecule is Cc1nccn1-c1nccc(N2CCN(c3ccnc(C(C)O)n3)C(C)(C)C2)n1. The van der Waals surface area contributed by atoms with Gasteiger partial charge < -0.3 is 14.9 Å². The number of aliphatic hydroxyl groups excluding tert-OH is 1. The summed E-state index contributed by atoms with van der Waals surface area (Å²) in [4.78, 5) is 26.7. The van der Waals surface area contributed by atoms with Crippen molar-refractivity contribution in [3.8, 4) is 5.95 Å². The second-order valence-corrected chi connectivity index (χ2v) is 7.89. The summed E-state index contributed by atoms with van der Waals surface area (Å²) in [5.41, 5.74) is -0.182. The van der Waals surface area contributed by atoms with Gasteiger partial charge in [-0.25, -0.2) is 19.9 Å². The van der Waals surface area contributed by atoms with E-state index < -0.39 is 6.10 Å². The molecule has 0 amide bonds. The predicted molar refractivity (Wildman–Crippen MR) is 110 cm³/mol. The van der Waals surface area contributed by atoms with Crippen LogP contribution in [0.3, 0.4) is 0 Å². The molecule has 0 radical (unpaired) electrons. The maximum absolute atomic E-state index is 9.82. The van der Waals surface area contributed by atoms with Gasteiger partial charge in [0.15, 0.2) is 5.82 Å². The molecule has 0 aromatic carbocycles. The van der Waals surface area contributed by atoms with E-state index in [2.05, 4.69) is 43.6 Å². The van der Waals surface area contributed by atoms with Crippen molar-refractivity contribution in [1.82, 2.24) is 29.5 Å². The molecule has 1 fully saturated rings. The summed E-state index contributed by atoms with van der Waals surface area (Å²) in [6.45, 7) is 10.3. The number of imidazole rings is 1. The van der Waals surface area contributed by atoms with Crippen LogP contribution in [-0.2, 0) is 0 Å². The summed E-state index contributed by atoms with van der Waals surface area (Å²) in [5, 5.41) is 9.82. The van der Waals surface area contributed by atoms with Crippen molar-refractivity contribution >= 4 is 11.6 Å². The van der Waals surface area contributed by atoms with Crippen LogP contribution in [0.2, 0.25) is 0 Å². The maximum Gasteiger partial charge on any atom is 0.237 e. The van der Waals surface area contributed by atoms with Gasteiger partial charge >= 0.3 is 0 Å². The van der Waals surface area contributed by atoms with Gasteiger partial charge in [-0.1, -0.05) is 0 Å². The van der Waals surface area contributed by atoms with E-state index in [0.717, 1.165) is 37.1 Å². The lowest BCUT2D eigenvalue weighted by Gasteiger charge is -2.48. The van der Waals surface area contributed by atoms with Gasteiger partial charge in [-0.2, -0.15) is 4.98 Å². The van der Waals surface area contributed by atoms with E-state index in [9.17, 15) is 5.11 Å². The Balaban J connectivity index is 1.57. The highest BCUT2D eigenvalue weighted by Crippen LogP contribution is 2.29.